The quantitative estimate of drug-likeness (QED) is 0.728. The van der Waals surface area contributed by atoms with E-state index in [1.165, 1.54) is 19.2 Å². The van der Waals surface area contributed by atoms with E-state index in [0.29, 0.717) is 4.90 Å². The van der Waals surface area contributed by atoms with Crippen LogP contribution in [0.5, 0.6) is 5.75 Å². The van der Waals surface area contributed by atoms with E-state index < -0.39 is 40.1 Å². The van der Waals surface area contributed by atoms with E-state index in [1.807, 2.05) is 0 Å². The number of amides is 1. The summed E-state index contributed by atoms with van der Waals surface area (Å²) < 4.78 is 71.4. The van der Waals surface area contributed by atoms with Crippen LogP contribution in [0.4, 0.5) is 13.2 Å². The lowest BCUT2D eigenvalue weighted by molar-refractivity contribution is -0.142. The van der Waals surface area contributed by atoms with Gasteiger partial charge in [0.2, 0.25) is 10.0 Å². The van der Waals surface area contributed by atoms with Gasteiger partial charge in [-0.05, 0) is 37.5 Å². The zero-order valence-electron chi connectivity index (χ0n) is 16.8. The number of benzene rings is 1. The molecule has 0 atom stereocenters. The summed E-state index contributed by atoms with van der Waals surface area (Å²) in [6.45, 7) is 6.78. The Morgan fingerprint density at radius 1 is 1.18 bits per heavy atom. The van der Waals surface area contributed by atoms with Gasteiger partial charge in [0.1, 0.15) is 17.2 Å². The fourth-order valence-corrected chi connectivity index (χ4v) is 4.01. The predicted molar refractivity (Wildman–Crippen MR) is 99.9 cm³/mol. The van der Waals surface area contributed by atoms with Crippen molar-refractivity contribution in [1.82, 2.24) is 9.62 Å². The van der Waals surface area contributed by atoms with Crippen molar-refractivity contribution in [2.45, 2.75) is 51.7 Å². The van der Waals surface area contributed by atoms with Gasteiger partial charge < -0.3 is 9.64 Å². The first-order valence-electron chi connectivity index (χ1n) is 8.62. The molecule has 1 N–H and O–H groups in total. The summed E-state index contributed by atoms with van der Waals surface area (Å²) in [4.78, 5) is 13.1. The molecule has 0 radical (unpaired) electrons. The minimum Gasteiger partial charge on any atom is -0.495 e. The van der Waals surface area contributed by atoms with E-state index in [-0.39, 0.29) is 22.8 Å². The average molecular weight is 424 g/mol. The highest BCUT2D eigenvalue weighted by Crippen LogP contribution is 2.28. The van der Waals surface area contributed by atoms with E-state index in [9.17, 15) is 26.4 Å². The maximum atomic E-state index is 13.0. The van der Waals surface area contributed by atoms with Crippen LogP contribution in [0, 0.1) is 5.41 Å². The van der Waals surface area contributed by atoms with Crippen molar-refractivity contribution in [1.29, 1.82) is 0 Å². The topological polar surface area (TPSA) is 75.7 Å². The van der Waals surface area contributed by atoms with Crippen molar-refractivity contribution in [2.75, 3.05) is 20.2 Å². The van der Waals surface area contributed by atoms with Crippen molar-refractivity contribution in [3.8, 4) is 5.75 Å². The SMILES string of the molecule is COc1ccc(C(=O)N(CC(C)(C)C)CC(F)(F)F)cc1S(=O)(=O)NC(C)C. The molecule has 1 amide bonds. The van der Waals surface area contributed by atoms with Crippen LogP contribution in [0.25, 0.3) is 0 Å². The van der Waals surface area contributed by atoms with E-state index in [1.54, 1.807) is 34.6 Å². The number of hydrogen-bond donors (Lipinski definition) is 1. The van der Waals surface area contributed by atoms with Crippen molar-refractivity contribution < 1.29 is 31.1 Å². The number of carbonyl (C=O) groups excluding carboxylic acids is 1. The molecule has 0 saturated heterocycles. The number of alkyl halides is 3. The Morgan fingerprint density at radius 3 is 2.18 bits per heavy atom. The first-order chi connectivity index (χ1) is 12.6. The Hall–Kier alpha value is -1.81. The van der Waals surface area contributed by atoms with Crippen LogP contribution >= 0.6 is 0 Å². The molecule has 10 heteroatoms. The van der Waals surface area contributed by atoms with E-state index >= 15 is 0 Å². The third-order valence-electron chi connectivity index (χ3n) is 3.41. The normalized spacial score (nSPS) is 12.9. The number of ether oxygens (including phenoxy) is 1. The Bertz CT molecular complexity index is 784. The Morgan fingerprint density at radius 2 is 1.75 bits per heavy atom. The summed E-state index contributed by atoms with van der Waals surface area (Å²) in [5.74, 6) is -0.918. The summed E-state index contributed by atoms with van der Waals surface area (Å²) in [5, 5.41) is 0. The predicted octanol–water partition coefficient (Wildman–Crippen LogP) is 3.43. The smallest absolute Gasteiger partial charge is 0.406 e. The minimum atomic E-state index is -4.58. The molecule has 0 fully saturated rings. The van der Waals surface area contributed by atoms with Crippen LogP contribution in [0.3, 0.4) is 0 Å². The van der Waals surface area contributed by atoms with Gasteiger partial charge in [-0.15, -0.1) is 0 Å². The highest BCUT2D eigenvalue weighted by atomic mass is 32.2. The van der Waals surface area contributed by atoms with Gasteiger partial charge in [0.25, 0.3) is 5.91 Å². The number of halogens is 3. The van der Waals surface area contributed by atoms with E-state index in [0.717, 1.165) is 6.07 Å². The maximum absolute atomic E-state index is 13.0. The molecule has 28 heavy (non-hydrogen) atoms. The Labute approximate surface area is 164 Å². The second kappa shape index (κ2) is 8.69. The van der Waals surface area contributed by atoms with E-state index in [4.69, 9.17) is 4.74 Å². The zero-order valence-corrected chi connectivity index (χ0v) is 17.7. The number of methoxy groups -OCH3 is 1. The van der Waals surface area contributed by atoms with Crippen LogP contribution in [-0.4, -0.2) is 51.6 Å². The van der Waals surface area contributed by atoms with Crippen molar-refractivity contribution in [3.63, 3.8) is 0 Å². The van der Waals surface area contributed by atoms with Gasteiger partial charge in [-0.25, -0.2) is 13.1 Å². The molecule has 0 aromatic heterocycles. The summed E-state index contributed by atoms with van der Waals surface area (Å²) in [6.07, 6.45) is -4.58. The maximum Gasteiger partial charge on any atom is 0.406 e. The molecule has 1 aromatic carbocycles. The zero-order chi connectivity index (χ0) is 21.9. The molecule has 0 bridgehead atoms. The number of carbonyl (C=O) groups is 1. The average Bonchev–Trinajstić information content (AvgIpc) is 2.49. The second-order valence-corrected chi connectivity index (χ2v) is 9.66. The molecule has 0 heterocycles. The summed E-state index contributed by atoms with van der Waals surface area (Å²) in [6, 6.07) is 3.13. The van der Waals surface area contributed by atoms with Crippen molar-refractivity contribution >= 4 is 15.9 Å². The first-order valence-corrected chi connectivity index (χ1v) is 10.1. The first kappa shape index (κ1) is 24.2. The van der Waals surface area contributed by atoms with Gasteiger partial charge in [0.05, 0.1) is 7.11 Å². The molecular formula is C18H27F3N2O4S. The summed E-state index contributed by atoms with van der Waals surface area (Å²) in [7, 11) is -2.76. The number of rotatable bonds is 7. The highest BCUT2D eigenvalue weighted by molar-refractivity contribution is 7.89. The number of sulfonamides is 1. The fourth-order valence-electron chi connectivity index (χ4n) is 2.56. The molecule has 0 aliphatic rings. The second-order valence-electron chi connectivity index (χ2n) is 7.98. The Balaban J connectivity index is 3.40. The summed E-state index contributed by atoms with van der Waals surface area (Å²) >= 11 is 0. The van der Waals surface area contributed by atoms with Gasteiger partial charge >= 0.3 is 6.18 Å². The van der Waals surface area contributed by atoms with Crippen LogP contribution in [0.15, 0.2) is 23.1 Å². The Kier molecular flexibility index (Phi) is 7.52. The fraction of sp³-hybridized carbons (Fsp3) is 0.611. The molecule has 0 saturated carbocycles. The van der Waals surface area contributed by atoms with Crippen LogP contribution < -0.4 is 9.46 Å². The van der Waals surface area contributed by atoms with Crippen molar-refractivity contribution in [3.05, 3.63) is 23.8 Å². The van der Waals surface area contributed by atoms with Crippen LogP contribution in [0.1, 0.15) is 45.0 Å². The molecule has 0 aliphatic carbocycles. The lowest BCUT2D eigenvalue weighted by atomic mass is 9.95. The largest absolute Gasteiger partial charge is 0.495 e. The van der Waals surface area contributed by atoms with Crippen LogP contribution in [0.2, 0.25) is 0 Å². The molecule has 1 rings (SSSR count). The molecule has 160 valence electrons. The lowest BCUT2D eigenvalue weighted by Gasteiger charge is -2.31. The number of nitrogens with zero attached hydrogens (tertiary/aromatic N) is 1. The lowest BCUT2D eigenvalue weighted by Crippen LogP contribution is -2.43. The van der Waals surface area contributed by atoms with Gasteiger partial charge in [-0.2, -0.15) is 13.2 Å². The van der Waals surface area contributed by atoms with Gasteiger partial charge in [0, 0.05) is 18.2 Å². The number of hydrogen-bond acceptors (Lipinski definition) is 4. The molecule has 0 aliphatic heterocycles. The van der Waals surface area contributed by atoms with Crippen LogP contribution in [-0.2, 0) is 10.0 Å². The van der Waals surface area contributed by atoms with Gasteiger partial charge in [0.15, 0.2) is 0 Å². The van der Waals surface area contributed by atoms with Gasteiger partial charge in [-0.1, -0.05) is 20.8 Å². The molecule has 6 nitrogen and oxygen atoms in total. The minimum absolute atomic E-state index is 0.0112. The third-order valence-corrected chi connectivity index (χ3v) is 5.09. The standard InChI is InChI=1S/C18H27F3N2O4S/c1-12(2)22-28(25,26)15-9-13(7-8-14(15)27-6)16(24)23(10-17(3,4)5)11-18(19,20)21/h7-9,12,22H,10-11H2,1-6H3. The summed E-state index contributed by atoms with van der Waals surface area (Å²) in [5.41, 5.74) is -0.750. The number of nitrogens with one attached hydrogen (secondary N) is 1. The molecule has 1 aromatic rings. The van der Waals surface area contributed by atoms with Crippen molar-refractivity contribution in [2.24, 2.45) is 5.41 Å². The monoisotopic (exact) mass is 424 g/mol. The van der Waals surface area contributed by atoms with Gasteiger partial charge in [-0.3, -0.25) is 4.79 Å². The third kappa shape index (κ3) is 7.31. The molecular weight excluding hydrogens is 397 g/mol. The highest BCUT2D eigenvalue weighted by Gasteiger charge is 2.35. The van der Waals surface area contributed by atoms with E-state index in [2.05, 4.69) is 4.72 Å². The molecule has 0 unspecified atom stereocenters. The molecule has 0 spiro atoms.